The summed E-state index contributed by atoms with van der Waals surface area (Å²) in [6.07, 6.45) is 7.43. The Kier molecular flexibility index (Phi) is 5.71. The molecule has 0 radical (unpaired) electrons. The molecule has 0 N–H and O–H groups in total. The van der Waals surface area contributed by atoms with Crippen molar-refractivity contribution in [1.29, 1.82) is 0 Å². The smallest absolute Gasteiger partial charge is 0.200 e. The molecule has 0 amide bonds. The highest BCUT2D eigenvalue weighted by molar-refractivity contribution is 6.77. The van der Waals surface area contributed by atoms with Crippen LogP contribution < -0.4 is 0 Å². The summed E-state index contributed by atoms with van der Waals surface area (Å²) in [6, 6.07) is 0. The van der Waals surface area contributed by atoms with Crippen LogP contribution >= 0.6 is 0 Å². The van der Waals surface area contributed by atoms with Crippen molar-refractivity contribution in [2.24, 2.45) is 17.8 Å². The number of carbonyl (C=O) groups is 1. The first-order valence-electron chi connectivity index (χ1n) is 9.14. The van der Waals surface area contributed by atoms with E-state index in [-0.39, 0.29) is 5.92 Å². The fourth-order valence-electron chi connectivity index (χ4n) is 5.14. The molecule has 2 nitrogen and oxygen atoms in total. The summed E-state index contributed by atoms with van der Waals surface area (Å²) < 4.78 is 6.63. The number of Topliss-reactive ketones (excluding diaryl/α,β-unsaturated/α-hetero) is 1. The monoisotopic (exact) mass is 322 g/mol. The SMILES string of the molecule is CC(C)[Si](OCC[C@@H]1C(=O)C[C@H]2C=C[C@@H]1C2)(C(C)C)C(C)C. The van der Waals surface area contributed by atoms with E-state index < -0.39 is 8.32 Å². The van der Waals surface area contributed by atoms with Crippen molar-refractivity contribution in [3.05, 3.63) is 12.2 Å². The number of ketones is 1. The molecule has 2 rings (SSSR count). The lowest BCUT2D eigenvalue weighted by atomic mass is 9.77. The lowest BCUT2D eigenvalue weighted by Gasteiger charge is -2.42. The van der Waals surface area contributed by atoms with Gasteiger partial charge >= 0.3 is 0 Å². The van der Waals surface area contributed by atoms with Crippen LogP contribution in [-0.4, -0.2) is 20.7 Å². The fourth-order valence-corrected chi connectivity index (χ4v) is 10.6. The molecule has 126 valence electrons. The molecule has 0 spiro atoms. The lowest BCUT2D eigenvalue weighted by Crippen LogP contribution is -2.48. The Balaban J connectivity index is 1.98. The first kappa shape index (κ1) is 17.9. The third-order valence-electron chi connectivity index (χ3n) is 6.09. The van der Waals surface area contributed by atoms with E-state index in [9.17, 15) is 4.79 Å². The zero-order chi connectivity index (χ0) is 16.5. The Hall–Kier alpha value is -0.413. The molecule has 1 saturated carbocycles. The third-order valence-corrected chi connectivity index (χ3v) is 12.2. The molecule has 0 saturated heterocycles. The molecule has 1 fully saturated rings. The van der Waals surface area contributed by atoms with Crippen LogP contribution in [0.25, 0.3) is 0 Å². The second kappa shape index (κ2) is 7.00. The van der Waals surface area contributed by atoms with Gasteiger partial charge in [-0.15, -0.1) is 0 Å². The Morgan fingerprint density at radius 2 is 1.68 bits per heavy atom. The Labute approximate surface area is 137 Å². The standard InChI is InChI=1S/C19H34O2Si/c1-13(2)22(14(3)4,15(5)6)21-10-9-18-17-8-7-16(11-17)12-19(18)20/h7-8,13-18H,9-12H2,1-6H3/t16-,17+,18-/m0/s1. The number of hydrogen-bond acceptors (Lipinski definition) is 2. The fraction of sp³-hybridized carbons (Fsp3) is 0.842. The Morgan fingerprint density at radius 1 is 1.09 bits per heavy atom. The van der Waals surface area contributed by atoms with Gasteiger partial charge in [0, 0.05) is 18.9 Å². The van der Waals surface area contributed by atoms with Gasteiger partial charge in [0.05, 0.1) is 0 Å². The maximum atomic E-state index is 12.3. The van der Waals surface area contributed by atoms with Gasteiger partial charge < -0.3 is 4.43 Å². The van der Waals surface area contributed by atoms with Crippen molar-refractivity contribution in [3.63, 3.8) is 0 Å². The highest BCUT2D eigenvalue weighted by Gasteiger charge is 2.45. The second-order valence-corrected chi connectivity index (χ2v) is 13.7. The van der Waals surface area contributed by atoms with Crippen molar-refractivity contribution in [3.8, 4) is 0 Å². The van der Waals surface area contributed by atoms with Gasteiger partial charge in [-0.1, -0.05) is 53.7 Å². The summed E-state index contributed by atoms with van der Waals surface area (Å²) in [5.41, 5.74) is 1.85. The molecule has 0 aromatic carbocycles. The number of carbonyl (C=O) groups excluding carboxylic acids is 1. The largest absolute Gasteiger partial charge is 0.416 e. The van der Waals surface area contributed by atoms with Crippen LogP contribution in [0.5, 0.6) is 0 Å². The van der Waals surface area contributed by atoms with Gasteiger partial charge in [-0.25, -0.2) is 0 Å². The second-order valence-electron chi connectivity index (χ2n) is 8.28. The van der Waals surface area contributed by atoms with E-state index in [1.54, 1.807) is 0 Å². The van der Waals surface area contributed by atoms with E-state index in [0.29, 0.717) is 34.2 Å². The van der Waals surface area contributed by atoms with Crippen LogP contribution in [0.15, 0.2) is 12.2 Å². The number of allylic oxidation sites excluding steroid dienone is 2. The minimum Gasteiger partial charge on any atom is -0.416 e. The van der Waals surface area contributed by atoms with Gasteiger partial charge in [-0.2, -0.15) is 0 Å². The summed E-state index contributed by atoms with van der Waals surface area (Å²) in [5.74, 6) is 1.71. The Bertz CT molecular complexity index is 403. The zero-order valence-electron chi connectivity index (χ0n) is 15.3. The summed E-state index contributed by atoms with van der Waals surface area (Å²) in [5, 5.41) is 0. The minimum atomic E-state index is -1.79. The van der Waals surface area contributed by atoms with Gasteiger partial charge in [0.15, 0.2) is 8.32 Å². The van der Waals surface area contributed by atoms with Gasteiger partial charge in [0.25, 0.3) is 0 Å². The maximum absolute atomic E-state index is 12.3. The van der Waals surface area contributed by atoms with Crippen LogP contribution in [0.2, 0.25) is 16.6 Å². The molecule has 22 heavy (non-hydrogen) atoms. The van der Waals surface area contributed by atoms with E-state index >= 15 is 0 Å². The van der Waals surface area contributed by atoms with Crippen LogP contribution in [0.1, 0.15) is 60.8 Å². The molecule has 0 aliphatic heterocycles. The zero-order valence-corrected chi connectivity index (χ0v) is 16.3. The molecule has 0 heterocycles. The Morgan fingerprint density at radius 3 is 2.23 bits per heavy atom. The predicted molar refractivity (Wildman–Crippen MR) is 95.5 cm³/mol. The first-order valence-corrected chi connectivity index (χ1v) is 11.3. The molecular formula is C19H34O2Si. The number of fused-ring (bicyclic) bond motifs is 2. The molecular weight excluding hydrogens is 288 g/mol. The van der Waals surface area contributed by atoms with E-state index in [2.05, 4.69) is 53.7 Å². The average molecular weight is 323 g/mol. The van der Waals surface area contributed by atoms with Crippen molar-refractivity contribution >= 4 is 14.1 Å². The summed E-state index contributed by atoms with van der Waals surface area (Å²) in [7, 11) is -1.79. The minimum absolute atomic E-state index is 0.216. The first-order chi connectivity index (χ1) is 10.3. The van der Waals surface area contributed by atoms with Gasteiger partial charge in [-0.05, 0) is 41.3 Å². The van der Waals surface area contributed by atoms with Gasteiger partial charge in [-0.3, -0.25) is 4.79 Å². The summed E-state index contributed by atoms with van der Waals surface area (Å²) in [6.45, 7) is 14.7. The molecule has 2 bridgehead atoms. The predicted octanol–water partition coefficient (Wildman–Crippen LogP) is 5.35. The highest BCUT2D eigenvalue weighted by Crippen LogP contribution is 2.44. The third kappa shape index (κ3) is 3.26. The van der Waals surface area contributed by atoms with Crippen LogP contribution in [0.3, 0.4) is 0 Å². The highest BCUT2D eigenvalue weighted by atomic mass is 28.4. The van der Waals surface area contributed by atoms with E-state index in [4.69, 9.17) is 4.43 Å². The van der Waals surface area contributed by atoms with Gasteiger partial charge in [0.2, 0.25) is 0 Å². The van der Waals surface area contributed by atoms with E-state index in [1.165, 1.54) is 6.42 Å². The molecule has 3 atom stereocenters. The van der Waals surface area contributed by atoms with Crippen molar-refractivity contribution in [2.45, 2.75) is 77.4 Å². The number of hydrogen-bond donors (Lipinski definition) is 0. The molecule has 2 aliphatic carbocycles. The van der Waals surface area contributed by atoms with Crippen LogP contribution in [0.4, 0.5) is 0 Å². The molecule has 0 aromatic rings. The average Bonchev–Trinajstić information content (AvgIpc) is 2.79. The van der Waals surface area contributed by atoms with Crippen LogP contribution in [0, 0.1) is 17.8 Å². The van der Waals surface area contributed by atoms with Crippen molar-refractivity contribution in [1.82, 2.24) is 0 Å². The van der Waals surface area contributed by atoms with Gasteiger partial charge in [0.1, 0.15) is 5.78 Å². The molecule has 0 aromatic heterocycles. The lowest BCUT2D eigenvalue weighted by molar-refractivity contribution is -0.127. The summed E-state index contributed by atoms with van der Waals surface area (Å²) in [4.78, 5) is 12.3. The quantitative estimate of drug-likeness (QED) is 0.466. The summed E-state index contributed by atoms with van der Waals surface area (Å²) >= 11 is 0. The maximum Gasteiger partial charge on any atom is 0.200 e. The van der Waals surface area contributed by atoms with Crippen molar-refractivity contribution < 1.29 is 9.22 Å². The van der Waals surface area contributed by atoms with E-state index in [1.807, 2.05) is 0 Å². The molecule has 2 aliphatic rings. The topological polar surface area (TPSA) is 26.3 Å². The molecule has 0 unspecified atom stereocenters. The molecule has 3 heteroatoms. The van der Waals surface area contributed by atoms with Crippen molar-refractivity contribution in [2.75, 3.05) is 6.61 Å². The van der Waals surface area contributed by atoms with E-state index in [0.717, 1.165) is 19.4 Å². The normalized spacial score (nSPS) is 28.4. The number of rotatable bonds is 7. The van der Waals surface area contributed by atoms with Crippen LogP contribution in [-0.2, 0) is 9.22 Å².